The van der Waals surface area contributed by atoms with E-state index in [4.69, 9.17) is 4.74 Å². The van der Waals surface area contributed by atoms with E-state index in [9.17, 15) is 5.11 Å². The van der Waals surface area contributed by atoms with Crippen LogP contribution in [0.1, 0.15) is 26.2 Å². The van der Waals surface area contributed by atoms with Gasteiger partial charge in [-0.15, -0.1) is 10.2 Å². The fourth-order valence-electron chi connectivity index (χ4n) is 3.38. The zero-order valence-corrected chi connectivity index (χ0v) is 15.2. The number of aromatic hydroxyl groups is 1. The Morgan fingerprint density at radius 2 is 2.15 bits per heavy atom. The first kappa shape index (κ1) is 17.5. The van der Waals surface area contributed by atoms with Crippen LogP contribution in [0.4, 0.5) is 0 Å². The average molecular weight is 365 g/mol. The number of aromatic nitrogens is 4. The Kier molecular flexibility index (Phi) is 5.02. The minimum Gasteiger partial charge on any atom is -0.507 e. The van der Waals surface area contributed by atoms with Gasteiger partial charge in [-0.1, -0.05) is 0 Å². The molecule has 1 aromatic carbocycles. The Hall–Kier alpha value is -2.93. The number of ether oxygens (including phenoxy) is 1. The van der Waals surface area contributed by atoms with Crippen molar-refractivity contribution in [2.45, 2.75) is 38.3 Å². The van der Waals surface area contributed by atoms with Gasteiger partial charge in [0.05, 0.1) is 11.4 Å². The number of benzene rings is 1. The fourth-order valence-corrected chi connectivity index (χ4v) is 3.38. The Bertz CT molecular complexity index is 880. The third-order valence-corrected chi connectivity index (χ3v) is 4.77. The van der Waals surface area contributed by atoms with Crippen LogP contribution in [-0.2, 0) is 0 Å². The van der Waals surface area contributed by atoms with Gasteiger partial charge in [0.1, 0.15) is 11.9 Å². The number of phenolic OH excluding ortho intramolecular Hbond substituents is 1. The second-order valence-electron chi connectivity index (χ2n) is 6.88. The quantitative estimate of drug-likeness (QED) is 0.739. The van der Waals surface area contributed by atoms with Gasteiger partial charge < -0.3 is 15.2 Å². The van der Waals surface area contributed by atoms with Gasteiger partial charge in [-0.05, 0) is 57.0 Å². The minimum absolute atomic E-state index is 0.134. The molecule has 0 amide bonds. The molecule has 1 fully saturated rings. The van der Waals surface area contributed by atoms with Gasteiger partial charge >= 0.3 is 0 Å². The predicted octanol–water partition coefficient (Wildman–Crippen LogP) is 2.94. The summed E-state index contributed by atoms with van der Waals surface area (Å²) in [6.45, 7) is 3.20. The predicted molar refractivity (Wildman–Crippen MR) is 102 cm³/mol. The SMILES string of the molecule is CC1CC(Oc2ccc(-c3ccc(-n4cccn4)cc3O)nn2)CCCN1. The van der Waals surface area contributed by atoms with Gasteiger partial charge in [0, 0.05) is 36.1 Å². The standard InChI is InChI=1S/C20H23N5O2/c1-14-12-16(4-2-9-21-14)27-20-8-7-18(23-24-20)17-6-5-15(13-19(17)26)25-11-3-10-22-25/h3,5-8,10-11,13-14,16,21,26H,2,4,9,12H2,1H3. The van der Waals surface area contributed by atoms with Crippen LogP contribution in [0, 0.1) is 0 Å². The van der Waals surface area contributed by atoms with Gasteiger partial charge in [0.2, 0.25) is 5.88 Å². The van der Waals surface area contributed by atoms with E-state index >= 15 is 0 Å². The summed E-state index contributed by atoms with van der Waals surface area (Å²) in [5.41, 5.74) is 2.00. The Labute approximate surface area is 158 Å². The summed E-state index contributed by atoms with van der Waals surface area (Å²) < 4.78 is 7.70. The topological polar surface area (TPSA) is 85.1 Å². The smallest absolute Gasteiger partial charge is 0.233 e. The molecule has 0 saturated carbocycles. The molecule has 140 valence electrons. The summed E-state index contributed by atoms with van der Waals surface area (Å²) in [5.74, 6) is 0.653. The molecule has 1 aliphatic heterocycles. The Morgan fingerprint density at radius 1 is 1.22 bits per heavy atom. The maximum Gasteiger partial charge on any atom is 0.233 e. The van der Waals surface area contributed by atoms with E-state index in [0.717, 1.165) is 31.5 Å². The zero-order valence-electron chi connectivity index (χ0n) is 15.2. The fraction of sp³-hybridized carbons (Fsp3) is 0.350. The van der Waals surface area contributed by atoms with Crippen molar-refractivity contribution in [3.8, 4) is 28.6 Å². The monoisotopic (exact) mass is 365 g/mol. The highest BCUT2D eigenvalue weighted by molar-refractivity contribution is 5.68. The molecule has 0 bridgehead atoms. The first-order valence-corrected chi connectivity index (χ1v) is 9.26. The molecule has 1 aliphatic rings. The Balaban J connectivity index is 1.49. The third-order valence-electron chi connectivity index (χ3n) is 4.77. The molecule has 2 aromatic heterocycles. The summed E-state index contributed by atoms with van der Waals surface area (Å²) in [4.78, 5) is 0. The van der Waals surface area contributed by atoms with Crippen molar-refractivity contribution < 1.29 is 9.84 Å². The number of phenols is 1. The van der Waals surface area contributed by atoms with E-state index in [-0.39, 0.29) is 11.9 Å². The normalized spacial score (nSPS) is 20.2. The first-order valence-electron chi connectivity index (χ1n) is 9.26. The van der Waals surface area contributed by atoms with Crippen molar-refractivity contribution in [1.29, 1.82) is 0 Å². The van der Waals surface area contributed by atoms with Crippen LogP contribution in [0.3, 0.4) is 0 Å². The summed E-state index contributed by atoms with van der Waals surface area (Å²) in [6, 6.07) is 11.3. The lowest BCUT2D eigenvalue weighted by Crippen LogP contribution is -2.28. The maximum absolute atomic E-state index is 10.4. The van der Waals surface area contributed by atoms with Gasteiger partial charge in [-0.2, -0.15) is 5.10 Å². The molecular formula is C20H23N5O2. The lowest BCUT2D eigenvalue weighted by atomic mass is 10.1. The van der Waals surface area contributed by atoms with Crippen molar-refractivity contribution in [1.82, 2.24) is 25.3 Å². The van der Waals surface area contributed by atoms with E-state index in [0.29, 0.717) is 23.2 Å². The van der Waals surface area contributed by atoms with Gasteiger partial charge in [-0.3, -0.25) is 0 Å². The highest BCUT2D eigenvalue weighted by Gasteiger charge is 2.19. The minimum atomic E-state index is 0.134. The van der Waals surface area contributed by atoms with Crippen molar-refractivity contribution in [2.24, 2.45) is 0 Å². The third kappa shape index (κ3) is 4.09. The second kappa shape index (κ2) is 7.75. The zero-order chi connectivity index (χ0) is 18.6. The molecule has 0 aliphatic carbocycles. The molecule has 0 radical (unpaired) electrons. The van der Waals surface area contributed by atoms with Crippen LogP contribution < -0.4 is 10.1 Å². The molecule has 7 heteroatoms. The van der Waals surface area contributed by atoms with E-state index < -0.39 is 0 Å². The highest BCUT2D eigenvalue weighted by atomic mass is 16.5. The van der Waals surface area contributed by atoms with E-state index in [1.54, 1.807) is 16.9 Å². The summed E-state index contributed by atoms with van der Waals surface area (Å²) in [5, 5.41) is 26.4. The van der Waals surface area contributed by atoms with E-state index in [2.05, 4.69) is 27.5 Å². The lowest BCUT2D eigenvalue weighted by Gasteiger charge is -2.18. The molecule has 0 spiro atoms. The largest absolute Gasteiger partial charge is 0.507 e. The number of nitrogens with one attached hydrogen (secondary N) is 1. The molecule has 3 aromatic rings. The molecule has 4 rings (SSSR count). The highest BCUT2D eigenvalue weighted by Crippen LogP contribution is 2.30. The molecule has 27 heavy (non-hydrogen) atoms. The average Bonchev–Trinajstić information content (AvgIpc) is 3.13. The van der Waals surface area contributed by atoms with Crippen LogP contribution >= 0.6 is 0 Å². The summed E-state index contributed by atoms with van der Waals surface area (Å²) in [6.07, 6.45) is 6.73. The number of hydrogen-bond acceptors (Lipinski definition) is 6. The molecular weight excluding hydrogens is 342 g/mol. The molecule has 1 saturated heterocycles. The van der Waals surface area contributed by atoms with E-state index in [1.807, 2.05) is 36.5 Å². The van der Waals surface area contributed by atoms with E-state index in [1.165, 1.54) is 0 Å². The molecule has 2 atom stereocenters. The van der Waals surface area contributed by atoms with Crippen LogP contribution in [-0.4, -0.2) is 43.8 Å². The van der Waals surface area contributed by atoms with Gasteiger partial charge in [0.25, 0.3) is 0 Å². The number of hydrogen-bond donors (Lipinski definition) is 2. The van der Waals surface area contributed by atoms with Gasteiger partial charge in [0.15, 0.2) is 0 Å². The maximum atomic E-state index is 10.4. The van der Waals surface area contributed by atoms with Gasteiger partial charge in [-0.25, -0.2) is 4.68 Å². The van der Waals surface area contributed by atoms with Crippen molar-refractivity contribution in [2.75, 3.05) is 6.54 Å². The molecule has 7 nitrogen and oxygen atoms in total. The van der Waals surface area contributed by atoms with Crippen LogP contribution in [0.2, 0.25) is 0 Å². The van der Waals surface area contributed by atoms with Crippen molar-refractivity contribution >= 4 is 0 Å². The summed E-state index contributed by atoms with van der Waals surface area (Å²) >= 11 is 0. The number of nitrogens with zero attached hydrogens (tertiary/aromatic N) is 4. The molecule has 2 N–H and O–H groups in total. The van der Waals surface area contributed by atoms with Crippen molar-refractivity contribution in [3.63, 3.8) is 0 Å². The van der Waals surface area contributed by atoms with Crippen LogP contribution in [0.15, 0.2) is 48.8 Å². The molecule has 3 heterocycles. The number of rotatable bonds is 4. The Morgan fingerprint density at radius 3 is 2.89 bits per heavy atom. The van der Waals surface area contributed by atoms with Crippen LogP contribution in [0.25, 0.3) is 16.9 Å². The first-order chi connectivity index (χ1) is 13.2. The second-order valence-corrected chi connectivity index (χ2v) is 6.88. The van der Waals surface area contributed by atoms with Crippen LogP contribution in [0.5, 0.6) is 11.6 Å². The molecule has 2 unspecified atom stereocenters. The van der Waals surface area contributed by atoms with Crippen molar-refractivity contribution in [3.05, 3.63) is 48.8 Å². The summed E-state index contributed by atoms with van der Waals surface area (Å²) in [7, 11) is 0. The lowest BCUT2D eigenvalue weighted by molar-refractivity contribution is 0.169.